The lowest BCUT2D eigenvalue weighted by Crippen LogP contribution is -2.33. The Morgan fingerprint density at radius 2 is 2.04 bits per heavy atom. The molecule has 2 aliphatic heterocycles. The standard InChI is InChI=1S/C18H21NO5S/c1-14-3-5-16(6-4-14)25(21,22)19-12-15(11-17(20)23-2)18(13-19)7-9-24-10-8-18/h3-7,9,11H,8,10,12-13H2,1-2H3/b15-11+/t18-/m1/s1. The molecule has 0 N–H and O–H groups in total. The number of carbonyl (C=O) groups is 1. The van der Waals surface area contributed by atoms with Crippen LogP contribution in [0.1, 0.15) is 12.0 Å². The molecule has 0 bridgehead atoms. The lowest BCUT2D eigenvalue weighted by atomic mass is 9.79. The highest BCUT2D eigenvalue weighted by Gasteiger charge is 2.46. The molecule has 0 aromatic heterocycles. The van der Waals surface area contributed by atoms with Gasteiger partial charge in [-0.2, -0.15) is 4.31 Å². The Labute approximate surface area is 147 Å². The Kier molecular flexibility index (Phi) is 4.71. The number of aryl methyl sites for hydroxylation is 1. The summed E-state index contributed by atoms with van der Waals surface area (Å²) in [6, 6.07) is 6.77. The average molecular weight is 363 g/mol. The van der Waals surface area contributed by atoms with Crippen molar-refractivity contribution >= 4 is 16.0 Å². The monoisotopic (exact) mass is 363 g/mol. The summed E-state index contributed by atoms with van der Waals surface area (Å²) in [7, 11) is -2.33. The molecule has 0 amide bonds. The highest BCUT2D eigenvalue weighted by molar-refractivity contribution is 7.89. The zero-order chi connectivity index (χ0) is 18.1. The van der Waals surface area contributed by atoms with E-state index in [9.17, 15) is 13.2 Å². The molecule has 1 aromatic rings. The van der Waals surface area contributed by atoms with Gasteiger partial charge in [-0.05, 0) is 37.1 Å². The predicted molar refractivity (Wildman–Crippen MR) is 92.2 cm³/mol. The number of carbonyl (C=O) groups excluding carboxylic acids is 1. The molecule has 0 unspecified atom stereocenters. The summed E-state index contributed by atoms with van der Waals surface area (Å²) in [6.07, 6.45) is 5.44. The van der Waals surface area contributed by atoms with Crippen molar-refractivity contribution in [3.05, 3.63) is 53.8 Å². The predicted octanol–water partition coefficient (Wildman–Crippen LogP) is 2.02. The molecular formula is C18H21NO5S. The van der Waals surface area contributed by atoms with Gasteiger partial charge >= 0.3 is 5.97 Å². The number of hydrogen-bond acceptors (Lipinski definition) is 5. The van der Waals surface area contributed by atoms with E-state index >= 15 is 0 Å². The first kappa shape index (κ1) is 17.7. The molecule has 1 fully saturated rings. The van der Waals surface area contributed by atoms with Crippen molar-refractivity contribution in [1.82, 2.24) is 4.31 Å². The van der Waals surface area contributed by atoms with Gasteiger partial charge in [0, 0.05) is 24.6 Å². The Morgan fingerprint density at radius 1 is 1.32 bits per heavy atom. The van der Waals surface area contributed by atoms with Crippen LogP contribution in [0.5, 0.6) is 0 Å². The van der Waals surface area contributed by atoms with Crippen LogP contribution < -0.4 is 0 Å². The molecule has 6 nitrogen and oxygen atoms in total. The van der Waals surface area contributed by atoms with Crippen molar-refractivity contribution in [3.63, 3.8) is 0 Å². The molecule has 0 aliphatic carbocycles. The second-order valence-electron chi connectivity index (χ2n) is 6.36. The van der Waals surface area contributed by atoms with Crippen LogP contribution in [0.3, 0.4) is 0 Å². The van der Waals surface area contributed by atoms with Crippen LogP contribution in [0.25, 0.3) is 0 Å². The van der Waals surface area contributed by atoms with Crippen molar-refractivity contribution in [2.24, 2.45) is 5.41 Å². The summed E-state index contributed by atoms with van der Waals surface area (Å²) in [5.74, 6) is -0.483. The van der Waals surface area contributed by atoms with Gasteiger partial charge in [0.2, 0.25) is 10.0 Å². The van der Waals surface area contributed by atoms with Crippen LogP contribution in [-0.4, -0.2) is 45.5 Å². The van der Waals surface area contributed by atoms with E-state index in [1.165, 1.54) is 17.5 Å². The lowest BCUT2D eigenvalue weighted by Gasteiger charge is -2.29. The fourth-order valence-electron chi connectivity index (χ4n) is 3.21. The van der Waals surface area contributed by atoms with Crippen molar-refractivity contribution in [3.8, 4) is 0 Å². The number of rotatable bonds is 3. The third-order valence-electron chi connectivity index (χ3n) is 4.75. The molecule has 1 saturated heterocycles. The van der Waals surface area contributed by atoms with Gasteiger partial charge in [0.1, 0.15) is 0 Å². The maximum absolute atomic E-state index is 13.0. The first-order valence-corrected chi connectivity index (χ1v) is 9.46. The molecule has 1 spiro atoms. The van der Waals surface area contributed by atoms with Crippen molar-refractivity contribution in [2.45, 2.75) is 18.2 Å². The number of benzene rings is 1. The molecular weight excluding hydrogens is 342 g/mol. The van der Waals surface area contributed by atoms with Gasteiger partial charge in [0.05, 0.1) is 24.9 Å². The highest BCUT2D eigenvalue weighted by Crippen LogP contribution is 2.43. The van der Waals surface area contributed by atoms with Crippen molar-refractivity contribution in [1.29, 1.82) is 0 Å². The molecule has 1 aromatic carbocycles. The second-order valence-corrected chi connectivity index (χ2v) is 8.30. The van der Waals surface area contributed by atoms with E-state index in [1.54, 1.807) is 30.5 Å². The maximum atomic E-state index is 13.0. The molecule has 0 saturated carbocycles. The van der Waals surface area contributed by atoms with Crippen molar-refractivity contribution in [2.75, 3.05) is 26.8 Å². The van der Waals surface area contributed by atoms with E-state index in [1.807, 2.05) is 13.0 Å². The molecule has 7 heteroatoms. The molecule has 134 valence electrons. The van der Waals surface area contributed by atoms with Gasteiger partial charge in [0.15, 0.2) is 0 Å². The van der Waals surface area contributed by atoms with Gasteiger partial charge in [-0.3, -0.25) is 0 Å². The summed E-state index contributed by atoms with van der Waals surface area (Å²) in [4.78, 5) is 12.0. The topological polar surface area (TPSA) is 72.9 Å². The van der Waals surface area contributed by atoms with Crippen LogP contribution in [0.4, 0.5) is 0 Å². The number of esters is 1. The SMILES string of the molecule is COC(=O)/C=C1\CN(S(=O)(=O)c2ccc(C)cc2)C[C@]12C=COCC2. The summed E-state index contributed by atoms with van der Waals surface area (Å²) in [5.41, 5.74) is 1.20. The Balaban J connectivity index is 1.98. The highest BCUT2D eigenvalue weighted by atomic mass is 32.2. The van der Waals surface area contributed by atoms with Gasteiger partial charge in [-0.15, -0.1) is 0 Å². The number of methoxy groups -OCH3 is 1. The first-order valence-electron chi connectivity index (χ1n) is 8.02. The largest absolute Gasteiger partial charge is 0.501 e. The average Bonchev–Trinajstić information content (AvgIpc) is 2.94. The van der Waals surface area contributed by atoms with Crippen LogP contribution in [0.15, 0.2) is 53.1 Å². The summed E-state index contributed by atoms with van der Waals surface area (Å²) >= 11 is 0. The van der Waals surface area contributed by atoms with E-state index in [-0.39, 0.29) is 18.0 Å². The van der Waals surface area contributed by atoms with Gasteiger partial charge in [-0.25, -0.2) is 13.2 Å². The van der Waals surface area contributed by atoms with Gasteiger partial charge in [0.25, 0.3) is 0 Å². The lowest BCUT2D eigenvalue weighted by molar-refractivity contribution is -0.134. The first-order chi connectivity index (χ1) is 11.9. The van der Waals surface area contributed by atoms with Crippen molar-refractivity contribution < 1.29 is 22.7 Å². The van der Waals surface area contributed by atoms with E-state index < -0.39 is 21.4 Å². The molecule has 1 atom stereocenters. The number of ether oxygens (including phenoxy) is 2. The van der Waals surface area contributed by atoms with Gasteiger partial charge < -0.3 is 9.47 Å². The maximum Gasteiger partial charge on any atom is 0.330 e. The van der Waals surface area contributed by atoms with Crippen LogP contribution >= 0.6 is 0 Å². The molecule has 25 heavy (non-hydrogen) atoms. The summed E-state index contributed by atoms with van der Waals surface area (Å²) < 4.78 is 37.4. The molecule has 0 radical (unpaired) electrons. The minimum atomic E-state index is -3.64. The number of nitrogens with zero attached hydrogens (tertiary/aromatic N) is 1. The Hall–Kier alpha value is -2.12. The van der Waals surface area contributed by atoms with E-state index in [2.05, 4.69) is 0 Å². The Morgan fingerprint density at radius 3 is 2.64 bits per heavy atom. The normalized spacial score (nSPS) is 25.3. The fourth-order valence-corrected chi connectivity index (χ4v) is 4.70. The summed E-state index contributed by atoms with van der Waals surface area (Å²) in [6.45, 7) is 2.83. The smallest absolute Gasteiger partial charge is 0.330 e. The Bertz CT molecular complexity index is 826. The van der Waals surface area contributed by atoms with Crippen LogP contribution in [0, 0.1) is 12.3 Å². The minimum absolute atomic E-state index is 0.162. The molecule has 2 aliphatic rings. The third-order valence-corrected chi connectivity index (χ3v) is 6.55. The molecule has 3 rings (SSSR count). The number of hydrogen-bond donors (Lipinski definition) is 0. The minimum Gasteiger partial charge on any atom is -0.501 e. The fraction of sp³-hybridized carbons (Fsp3) is 0.389. The zero-order valence-electron chi connectivity index (χ0n) is 14.3. The molecule has 2 heterocycles. The van der Waals surface area contributed by atoms with E-state index in [0.717, 1.165) is 11.1 Å². The summed E-state index contributed by atoms with van der Waals surface area (Å²) in [5, 5.41) is 0. The number of sulfonamides is 1. The zero-order valence-corrected chi connectivity index (χ0v) is 15.1. The van der Waals surface area contributed by atoms with Crippen LogP contribution in [-0.2, 0) is 24.3 Å². The van der Waals surface area contributed by atoms with E-state index in [4.69, 9.17) is 9.47 Å². The van der Waals surface area contributed by atoms with Gasteiger partial charge in [-0.1, -0.05) is 17.7 Å². The van der Waals surface area contributed by atoms with E-state index in [0.29, 0.717) is 13.0 Å². The van der Waals surface area contributed by atoms with Crippen LogP contribution in [0.2, 0.25) is 0 Å². The third kappa shape index (κ3) is 3.34. The quantitative estimate of drug-likeness (QED) is 0.607. The second kappa shape index (κ2) is 6.65.